The van der Waals surface area contributed by atoms with Gasteiger partial charge in [-0.2, -0.15) is 0 Å². The highest BCUT2D eigenvalue weighted by Crippen LogP contribution is 2.17. The van der Waals surface area contributed by atoms with Crippen LogP contribution < -0.4 is 10.6 Å². The van der Waals surface area contributed by atoms with E-state index in [0.717, 1.165) is 23.7 Å². The molecule has 0 aromatic carbocycles. The SMILES string of the molecule is CCNc1ncc(C(=O)NCCc2nc(C(C)C)cs2)cn1. The van der Waals surface area contributed by atoms with Gasteiger partial charge in [-0.05, 0) is 12.8 Å². The summed E-state index contributed by atoms with van der Waals surface area (Å²) >= 11 is 1.64. The molecule has 2 heterocycles. The fourth-order valence-electron chi connectivity index (χ4n) is 1.78. The lowest BCUT2D eigenvalue weighted by molar-refractivity contribution is 0.0953. The van der Waals surface area contributed by atoms with E-state index in [4.69, 9.17) is 0 Å². The van der Waals surface area contributed by atoms with Crippen LogP contribution in [0.25, 0.3) is 0 Å². The third kappa shape index (κ3) is 4.49. The van der Waals surface area contributed by atoms with Gasteiger partial charge >= 0.3 is 0 Å². The molecule has 2 rings (SSSR count). The highest BCUT2D eigenvalue weighted by Gasteiger charge is 2.08. The maximum atomic E-state index is 12.0. The maximum absolute atomic E-state index is 12.0. The Morgan fingerprint density at radius 1 is 1.32 bits per heavy atom. The summed E-state index contributed by atoms with van der Waals surface area (Å²) in [6, 6.07) is 0. The molecule has 0 atom stereocenters. The molecule has 2 aromatic heterocycles. The summed E-state index contributed by atoms with van der Waals surface area (Å²) in [4.78, 5) is 24.7. The van der Waals surface area contributed by atoms with E-state index in [1.165, 1.54) is 12.4 Å². The van der Waals surface area contributed by atoms with Crippen LogP contribution in [0.2, 0.25) is 0 Å². The standard InChI is InChI=1S/C15H21N5OS/c1-4-16-15-18-7-11(8-19-15)14(21)17-6-5-13-20-12(9-22-13)10(2)3/h7-10H,4-6H2,1-3H3,(H,17,21)(H,16,18,19). The molecule has 0 aliphatic carbocycles. The third-order valence-electron chi connectivity index (χ3n) is 3.03. The summed E-state index contributed by atoms with van der Waals surface area (Å²) in [5.74, 6) is 0.804. The first-order valence-electron chi connectivity index (χ1n) is 7.38. The van der Waals surface area contributed by atoms with Crippen molar-refractivity contribution in [2.45, 2.75) is 33.1 Å². The Hall–Kier alpha value is -2.02. The molecule has 2 aromatic rings. The van der Waals surface area contributed by atoms with Crippen molar-refractivity contribution in [2.75, 3.05) is 18.4 Å². The summed E-state index contributed by atoms with van der Waals surface area (Å²) in [5.41, 5.74) is 1.57. The molecule has 0 radical (unpaired) electrons. The van der Waals surface area contributed by atoms with Gasteiger partial charge in [-0.1, -0.05) is 13.8 Å². The zero-order valence-corrected chi connectivity index (χ0v) is 13.9. The number of nitrogens with one attached hydrogen (secondary N) is 2. The Labute approximate surface area is 134 Å². The van der Waals surface area contributed by atoms with Crippen molar-refractivity contribution < 1.29 is 4.79 Å². The van der Waals surface area contributed by atoms with E-state index in [9.17, 15) is 4.79 Å². The van der Waals surface area contributed by atoms with E-state index in [-0.39, 0.29) is 5.91 Å². The largest absolute Gasteiger partial charge is 0.355 e. The molecule has 0 saturated carbocycles. The molecule has 0 fully saturated rings. The minimum atomic E-state index is -0.163. The van der Waals surface area contributed by atoms with Gasteiger partial charge in [0.15, 0.2) is 0 Å². The molecule has 22 heavy (non-hydrogen) atoms. The van der Waals surface area contributed by atoms with Crippen molar-refractivity contribution >= 4 is 23.2 Å². The molecule has 0 saturated heterocycles. The number of carbonyl (C=O) groups excluding carboxylic acids is 1. The van der Waals surface area contributed by atoms with Crippen molar-refractivity contribution in [3.05, 3.63) is 34.0 Å². The Morgan fingerprint density at radius 2 is 2.05 bits per heavy atom. The van der Waals surface area contributed by atoms with E-state index >= 15 is 0 Å². The molecular formula is C15H21N5OS. The summed E-state index contributed by atoms with van der Waals surface area (Å²) in [7, 11) is 0. The lowest BCUT2D eigenvalue weighted by Gasteiger charge is -2.05. The summed E-state index contributed by atoms with van der Waals surface area (Å²) < 4.78 is 0. The number of amides is 1. The van der Waals surface area contributed by atoms with Crippen molar-refractivity contribution in [1.82, 2.24) is 20.3 Å². The van der Waals surface area contributed by atoms with E-state index in [2.05, 4.69) is 44.8 Å². The molecule has 0 aliphatic heterocycles. The van der Waals surface area contributed by atoms with Gasteiger partial charge in [0.1, 0.15) is 0 Å². The average molecular weight is 319 g/mol. The molecule has 2 N–H and O–H groups in total. The van der Waals surface area contributed by atoms with Gasteiger partial charge in [-0.15, -0.1) is 11.3 Å². The van der Waals surface area contributed by atoms with Crippen LogP contribution in [0.1, 0.15) is 47.7 Å². The second-order valence-electron chi connectivity index (χ2n) is 5.15. The third-order valence-corrected chi connectivity index (χ3v) is 3.96. The minimum absolute atomic E-state index is 0.163. The van der Waals surface area contributed by atoms with Crippen LogP contribution in [0.3, 0.4) is 0 Å². The first kappa shape index (κ1) is 16.4. The fourth-order valence-corrected chi connectivity index (χ4v) is 2.74. The van der Waals surface area contributed by atoms with Gasteiger partial charge in [0.25, 0.3) is 5.91 Å². The molecule has 0 aliphatic rings. The number of rotatable bonds is 7. The summed E-state index contributed by atoms with van der Waals surface area (Å²) in [6.07, 6.45) is 3.79. The molecule has 0 spiro atoms. The summed E-state index contributed by atoms with van der Waals surface area (Å²) in [6.45, 7) is 7.51. The highest BCUT2D eigenvalue weighted by atomic mass is 32.1. The Bertz CT molecular complexity index is 609. The Balaban J connectivity index is 1.81. The topological polar surface area (TPSA) is 79.8 Å². The number of aromatic nitrogens is 3. The van der Waals surface area contributed by atoms with E-state index < -0.39 is 0 Å². The van der Waals surface area contributed by atoms with Crippen LogP contribution in [0.15, 0.2) is 17.8 Å². The molecule has 0 bridgehead atoms. The molecule has 118 valence electrons. The van der Waals surface area contributed by atoms with Crippen LogP contribution in [-0.2, 0) is 6.42 Å². The van der Waals surface area contributed by atoms with Gasteiger partial charge in [-0.25, -0.2) is 15.0 Å². The number of thiazole rings is 1. The first-order chi connectivity index (χ1) is 10.6. The van der Waals surface area contributed by atoms with Gasteiger partial charge in [0.2, 0.25) is 5.95 Å². The zero-order chi connectivity index (χ0) is 15.9. The monoisotopic (exact) mass is 319 g/mol. The lowest BCUT2D eigenvalue weighted by Crippen LogP contribution is -2.26. The number of anilines is 1. The first-order valence-corrected chi connectivity index (χ1v) is 8.26. The van der Waals surface area contributed by atoms with E-state index in [1.54, 1.807) is 11.3 Å². The second kappa shape index (κ2) is 7.84. The molecular weight excluding hydrogens is 298 g/mol. The van der Waals surface area contributed by atoms with Crippen molar-refractivity contribution in [3.8, 4) is 0 Å². The zero-order valence-electron chi connectivity index (χ0n) is 13.1. The smallest absolute Gasteiger partial charge is 0.254 e. The quantitative estimate of drug-likeness (QED) is 0.819. The van der Waals surface area contributed by atoms with E-state index in [0.29, 0.717) is 24.0 Å². The Kier molecular flexibility index (Phi) is 5.83. The van der Waals surface area contributed by atoms with Crippen LogP contribution in [0.4, 0.5) is 5.95 Å². The van der Waals surface area contributed by atoms with Gasteiger partial charge in [-0.3, -0.25) is 4.79 Å². The van der Waals surface area contributed by atoms with Crippen LogP contribution in [0, 0.1) is 0 Å². The van der Waals surface area contributed by atoms with Crippen molar-refractivity contribution in [3.63, 3.8) is 0 Å². The number of nitrogens with zero attached hydrogens (tertiary/aromatic N) is 3. The van der Waals surface area contributed by atoms with Crippen LogP contribution in [-0.4, -0.2) is 33.9 Å². The second-order valence-corrected chi connectivity index (χ2v) is 6.10. The van der Waals surface area contributed by atoms with Gasteiger partial charge in [0.05, 0.1) is 16.3 Å². The minimum Gasteiger partial charge on any atom is -0.355 e. The van der Waals surface area contributed by atoms with Gasteiger partial charge in [0, 0.05) is 37.3 Å². The van der Waals surface area contributed by atoms with E-state index in [1.807, 2.05) is 6.92 Å². The summed E-state index contributed by atoms with van der Waals surface area (Å²) in [5, 5.41) is 8.98. The molecule has 6 nitrogen and oxygen atoms in total. The highest BCUT2D eigenvalue weighted by molar-refractivity contribution is 7.09. The number of carbonyl (C=O) groups is 1. The predicted molar refractivity (Wildman–Crippen MR) is 88.4 cm³/mol. The predicted octanol–water partition coefficient (Wildman–Crippen LogP) is 2.46. The van der Waals surface area contributed by atoms with Crippen molar-refractivity contribution in [2.24, 2.45) is 0 Å². The molecule has 1 amide bonds. The van der Waals surface area contributed by atoms with Crippen LogP contribution in [0.5, 0.6) is 0 Å². The van der Waals surface area contributed by atoms with Crippen molar-refractivity contribution in [1.29, 1.82) is 0 Å². The Morgan fingerprint density at radius 3 is 2.64 bits per heavy atom. The number of hydrogen-bond acceptors (Lipinski definition) is 6. The fraction of sp³-hybridized carbons (Fsp3) is 0.467. The maximum Gasteiger partial charge on any atom is 0.254 e. The molecule has 0 unspecified atom stereocenters. The van der Waals surface area contributed by atoms with Gasteiger partial charge < -0.3 is 10.6 Å². The number of hydrogen-bond donors (Lipinski definition) is 2. The van der Waals surface area contributed by atoms with Crippen LogP contribution >= 0.6 is 11.3 Å². The lowest BCUT2D eigenvalue weighted by atomic mass is 10.2. The normalized spacial score (nSPS) is 10.7. The molecule has 7 heteroatoms. The average Bonchev–Trinajstić information content (AvgIpc) is 2.97.